The first-order chi connectivity index (χ1) is 14.5. The van der Waals surface area contributed by atoms with Gasteiger partial charge in [-0.05, 0) is 18.2 Å². The summed E-state index contributed by atoms with van der Waals surface area (Å²) in [7, 11) is 0. The van der Waals surface area contributed by atoms with Crippen LogP contribution < -0.4 is 10.2 Å². The van der Waals surface area contributed by atoms with E-state index in [9.17, 15) is 14.4 Å². The number of amides is 2. The summed E-state index contributed by atoms with van der Waals surface area (Å²) in [6.07, 6.45) is 0. The fourth-order valence-corrected chi connectivity index (χ4v) is 4.36. The van der Waals surface area contributed by atoms with Crippen LogP contribution in [0.2, 0.25) is 0 Å². The molecule has 3 aliphatic rings. The highest BCUT2D eigenvalue weighted by molar-refractivity contribution is 6.39. The molecule has 0 unspecified atom stereocenters. The van der Waals surface area contributed by atoms with Crippen LogP contribution in [0.25, 0.3) is 5.57 Å². The van der Waals surface area contributed by atoms with Gasteiger partial charge in [-0.2, -0.15) is 0 Å². The number of carbonyl (C=O) groups is 3. The fourth-order valence-electron chi connectivity index (χ4n) is 4.36. The van der Waals surface area contributed by atoms with Gasteiger partial charge in [0.05, 0.1) is 17.9 Å². The first kappa shape index (κ1) is 18.6. The minimum Gasteiger partial charge on any atom is -0.351 e. The van der Waals surface area contributed by atoms with Crippen molar-refractivity contribution >= 4 is 34.5 Å². The van der Waals surface area contributed by atoms with Gasteiger partial charge in [-0.15, -0.1) is 0 Å². The molecule has 0 aromatic heterocycles. The van der Waals surface area contributed by atoms with Crippen molar-refractivity contribution in [2.45, 2.75) is 6.92 Å². The van der Waals surface area contributed by atoms with E-state index in [-0.39, 0.29) is 17.6 Å². The number of para-hydroxylation sites is 2. The Morgan fingerprint density at radius 2 is 1.60 bits per heavy atom. The maximum absolute atomic E-state index is 13.5. The molecule has 0 bridgehead atoms. The monoisotopic (exact) mass is 402 g/mol. The minimum absolute atomic E-state index is 0.0784. The van der Waals surface area contributed by atoms with E-state index < -0.39 is 0 Å². The number of carbonyl (C=O) groups excluding carboxylic acids is 3. The number of hydrogen-bond donors (Lipinski definition) is 1. The highest BCUT2D eigenvalue weighted by Gasteiger charge is 2.39. The zero-order chi connectivity index (χ0) is 20.8. The van der Waals surface area contributed by atoms with Gasteiger partial charge in [-0.1, -0.05) is 30.3 Å². The number of fused-ring (bicyclic) bond motifs is 2. The topological polar surface area (TPSA) is 73.0 Å². The number of ketones is 1. The lowest BCUT2D eigenvalue weighted by Gasteiger charge is -2.36. The smallest absolute Gasteiger partial charge is 0.262 e. The molecule has 7 nitrogen and oxygen atoms in total. The second-order valence-electron chi connectivity index (χ2n) is 7.77. The largest absolute Gasteiger partial charge is 0.351 e. The van der Waals surface area contributed by atoms with Gasteiger partial charge in [0.1, 0.15) is 5.70 Å². The zero-order valence-electron chi connectivity index (χ0n) is 16.7. The molecular weight excluding hydrogens is 380 g/mol. The van der Waals surface area contributed by atoms with E-state index in [1.54, 1.807) is 17.9 Å². The summed E-state index contributed by atoms with van der Waals surface area (Å²) in [4.78, 5) is 43.8. The van der Waals surface area contributed by atoms with E-state index in [2.05, 4.69) is 10.2 Å². The summed E-state index contributed by atoms with van der Waals surface area (Å²) in [5.41, 5.74) is 3.67. The number of rotatable bonds is 2. The van der Waals surface area contributed by atoms with Crippen LogP contribution in [0.15, 0.2) is 54.2 Å². The summed E-state index contributed by atoms with van der Waals surface area (Å²) >= 11 is 0. The molecule has 152 valence electrons. The van der Waals surface area contributed by atoms with Crippen molar-refractivity contribution in [3.8, 4) is 0 Å². The molecule has 30 heavy (non-hydrogen) atoms. The van der Waals surface area contributed by atoms with Crippen molar-refractivity contribution in [1.29, 1.82) is 0 Å². The minimum atomic E-state index is -0.172. The molecule has 2 aromatic carbocycles. The summed E-state index contributed by atoms with van der Waals surface area (Å²) in [5, 5.41) is 3.16. The quantitative estimate of drug-likeness (QED) is 0.780. The molecule has 2 aromatic rings. The Bertz CT molecular complexity index is 1100. The molecule has 0 radical (unpaired) electrons. The average molecular weight is 402 g/mol. The molecule has 7 heteroatoms. The lowest BCUT2D eigenvalue weighted by Crippen LogP contribution is -2.51. The number of nitrogens with one attached hydrogen (secondary N) is 1. The van der Waals surface area contributed by atoms with E-state index >= 15 is 0 Å². The lowest BCUT2D eigenvalue weighted by atomic mass is 10.0. The van der Waals surface area contributed by atoms with Gasteiger partial charge in [0, 0.05) is 49.9 Å². The molecular formula is C23H22N4O3. The maximum Gasteiger partial charge on any atom is 0.262 e. The normalized spacial score (nSPS) is 21.0. The SMILES string of the molecule is CC(=O)N1CCN(CN2C(=O)/C(=C3\Nc4ccccc4C3=O)c3ccccc32)CC1. The molecule has 0 atom stereocenters. The first-order valence-electron chi connectivity index (χ1n) is 10.1. The molecule has 1 N–H and O–H groups in total. The Hall–Kier alpha value is -3.45. The average Bonchev–Trinajstić information content (AvgIpc) is 3.23. The van der Waals surface area contributed by atoms with Crippen LogP contribution in [0.3, 0.4) is 0 Å². The Morgan fingerprint density at radius 3 is 2.30 bits per heavy atom. The molecule has 1 fully saturated rings. The first-order valence-corrected chi connectivity index (χ1v) is 10.1. The van der Waals surface area contributed by atoms with Crippen LogP contribution >= 0.6 is 0 Å². The number of benzene rings is 2. The molecule has 3 aliphatic heterocycles. The Morgan fingerprint density at radius 1 is 0.933 bits per heavy atom. The van der Waals surface area contributed by atoms with Gasteiger partial charge >= 0.3 is 0 Å². The van der Waals surface area contributed by atoms with Crippen molar-refractivity contribution in [2.24, 2.45) is 0 Å². The Balaban J connectivity index is 1.46. The molecule has 3 heterocycles. The summed E-state index contributed by atoms with van der Waals surface area (Å²) in [6.45, 7) is 4.74. The maximum atomic E-state index is 13.5. The molecule has 2 amide bonds. The Labute approximate surface area is 174 Å². The Kier molecular flexibility index (Phi) is 4.40. The molecule has 0 spiro atoms. The van der Waals surface area contributed by atoms with E-state index in [0.717, 1.165) is 16.9 Å². The number of nitrogens with zero attached hydrogens (tertiary/aromatic N) is 3. The van der Waals surface area contributed by atoms with Gasteiger partial charge in [0.25, 0.3) is 5.91 Å². The van der Waals surface area contributed by atoms with Crippen LogP contribution in [0.5, 0.6) is 0 Å². The summed E-state index contributed by atoms with van der Waals surface area (Å²) < 4.78 is 0. The van der Waals surface area contributed by atoms with Gasteiger partial charge in [0.15, 0.2) is 0 Å². The summed E-state index contributed by atoms with van der Waals surface area (Å²) in [5.74, 6) is -0.246. The number of allylic oxidation sites excluding steroid dienone is 1. The standard InChI is InChI=1S/C23H22N4O3/c1-15(28)26-12-10-25(11-13-26)14-27-19-9-5-3-7-17(19)20(23(27)30)21-22(29)16-6-2-4-8-18(16)24-21/h2-9,24H,10-14H2,1H3/b21-20-. The number of anilines is 2. The van der Waals surface area contributed by atoms with E-state index in [1.807, 2.05) is 47.4 Å². The van der Waals surface area contributed by atoms with E-state index in [1.165, 1.54) is 0 Å². The number of hydrogen-bond acceptors (Lipinski definition) is 5. The number of piperazine rings is 1. The lowest BCUT2D eigenvalue weighted by molar-refractivity contribution is -0.130. The van der Waals surface area contributed by atoms with Gasteiger partial charge in [-0.25, -0.2) is 0 Å². The van der Waals surface area contributed by atoms with Crippen LogP contribution in [0.1, 0.15) is 22.8 Å². The fraction of sp³-hybridized carbons (Fsp3) is 0.261. The van der Waals surface area contributed by atoms with Gasteiger partial charge in [0.2, 0.25) is 11.7 Å². The second kappa shape index (κ2) is 7.11. The van der Waals surface area contributed by atoms with Crippen molar-refractivity contribution < 1.29 is 14.4 Å². The third-order valence-electron chi connectivity index (χ3n) is 5.99. The molecule has 0 aliphatic carbocycles. The molecule has 0 saturated carbocycles. The second-order valence-corrected chi connectivity index (χ2v) is 7.77. The highest BCUT2D eigenvalue weighted by Crippen LogP contribution is 2.41. The van der Waals surface area contributed by atoms with E-state index in [4.69, 9.17) is 0 Å². The molecule has 1 saturated heterocycles. The van der Waals surface area contributed by atoms with Crippen molar-refractivity contribution in [3.63, 3.8) is 0 Å². The predicted octanol–water partition coefficient (Wildman–Crippen LogP) is 2.17. The van der Waals surface area contributed by atoms with Crippen LogP contribution in [0, 0.1) is 0 Å². The van der Waals surface area contributed by atoms with Crippen molar-refractivity contribution in [1.82, 2.24) is 9.80 Å². The van der Waals surface area contributed by atoms with Crippen LogP contribution in [-0.4, -0.2) is 60.2 Å². The zero-order valence-corrected chi connectivity index (χ0v) is 16.7. The summed E-state index contributed by atoms with van der Waals surface area (Å²) in [6, 6.07) is 14.9. The van der Waals surface area contributed by atoms with Crippen molar-refractivity contribution in [2.75, 3.05) is 43.1 Å². The van der Waals surface area contributed by atoms with Gasteiger partial charge in [-0.3, -0.25) is 24.2 Å². The predicted molar refractivity (Wildman–Crippen MR) is 114 cm³/mol. The van der Waals surface area contributed by atoms with Crippen LogP contribution in [0.4, 0.5) is 11.4 Å². The van der Waals surface area contributed by atoms with E-state index in [0.29, 0.717) is 49.7 Å². The number of Topliss-reactive ketones (excluding diaryl/α,β-unsaturated/α-hetero) is 1. The third kappa shape index (κ3) is 2.90. The van der Waals surface area contributed by atoms with Gasteiger partial charge < -0.3 is 10.2 Å². The highest BCUT2D eigenvalue weighted by atomic mass is 16.2. The van der Waals surface area contributed by atoms with Crippen LogP contribution in [-0.2, 0) is 9.59 Å². The third-order valence-corrected chi connectivity index (χ3v) is 5.99. The molecule has 5 rings (SSSR count). The van der Waals surface area contributed by atoms with Crippen molar-refractivity contribution in [3.05, 3.63) is 65.4 Å².